The number of aromatic nitrogens is 1. The van der Waals surface area contributed by atoms with Crippen LogP contribution in [0.15, 0.2) is 52.1 Å². The summed E-state index contributed by atoms with van der Waals surface area (Å²) < 4.78 is 17.0. The van der Waals surface area contributed by atoms with E-state index in [1.807, 2.05) is 24.3 Å². The van der Waals surface area contributed by atoms with Gasteiger partial charge < -0.3 is 8.97 Å². The third kappa shape index (κ3) is 2.34. The molecule has 0 saturated carbocycles. The summed E-state index contributed by atoms with van der Waals surface area (Å²) in [4.78, 5) is 5.07. The Hall–Kier alpha value is -1.49. The van der Waals surface area contributed by atoms with Crippen molar-refractivity contribution < 1.29 is 8.97 Å². The van der Waals surface area contributed by atoms with E-state index in [1.54, 1.807) is 24.8 Å². The van der Waals surface area contributed by atoms with Crippen molar-refractivity contribution in [3.05, 3.63) is 47.8 Å². The van der Waals surface area contributed by atoms with Crippen molar-refractivity contribution in [2.45, 2.75) is 4.90 Å². The van der Waals surface area contributed by atoms with Gasteiger partial charge in [-0.3, -0.25) is 4.98 Å². The van der Waals surface area contributed by atoms with Gasteiger partial charge in [-0.15, -0.1) is 0 Å². The Morgan fingerprint density at radius 3 is 2.95 bits per heavy atom. The molecule has 96 valence electrons. The van der Waals surface area contributed by atoms with E-state index in [9.17, 15) is 4.55 Å². The SMILES string of the molecule is C[S+]([O-])c1cccc(-c2coc3cc(Cl)cnc23)c1. The highest BCUT2D eigenvalue weighted by molar-refractivity contribution is 7.90. The van der Waals surface area contributed by atoms with Crippen molar-refractivity contribution in [1.82, 2.24) is 4.98 Å². The fourth-order valence-electron chi connectivity index (χ4n) is 1.94. The maximum atomic E-state index is 11.5. The van der Waals surface area contributed by atoms with Gasteiger partial charge in [-0.25, -0.2) is 0 Å². The molecule has 2 aromatic heterocycles. The molecule has 5 heteroatoms. The maximum Gasteiger partial charge on any atom is 0.154 e. The summed E-state index contributed by atoms with van der Waals surface area (Å²) in [5.74, 6) is 0. The quantitative estimate of drug-likeness (QED) is 0.673. The Morgan fingerprint density at radius 1 is 1.32 bits per heavy atom. The minimum atomic E-state index is -1.01. The van der Waals surface area contributed by atoms with Crippen LogP contribution in [0.2, 0.25) is 5.02 Å². The molecule has 1 unspecified atom stereocenters. The van der Waals surface area contributed by atoms with Gasteiger partial charge in [0, 0.05) is 23.9 Å². The van der Waals surface area contributed by atoms with Gasteiger partial charge in [-0.1, -0.05) is 23.7 Å². The van der Waals surface area contributed by atoms with Crippen LogP contribution >= 0.6 is 11.6 Å². The molecule has 0 spiro atoms. The first-order chi connectivity index (χ1) is 9.15. The number of nitrogens with zero attached hydrogens (tertiary/aromatic N) is 1. The Morgan fingerprint density at radius 2 is 2.16 bits per heavy atom. The number of furan rings is 1. The summed E-state index contributed by atoms with van der Waals surface area (Å²) >= 11 is 4.87. The van der Waals surface area contributed by atoms with E-state index in [1.165, 1.54) is 0 Å². The predicted octanol–water partition coefficient (Wildman–Crippen LogP) is 3.89. The molecular formula is C14H10ClNO2S. The van der Waals surface area contributed by atoms with Crippen molar-refractivity contribution in [3.8, 4) is 11.1 Å². The summed E-state index contributed by atoms with van der Waals surface area (Å²) in [5, 5.41) is 0.539. The second-order valence-electron chi connectivity index (χ2n) is 4.13. The van der Waals surface area contributed by atoms with Crippen LogP contribution in [-0.2, 0) is 11.2 Å². The van der Waals surface area contributed by atoms with E-state index in [0.717, 1.165) is 21.5 Å². The average Bonchev–Trinajstić information content (AvgIpc) is 2.81. The van der Waals surface area contributed by atoms with Crippen LogP contribution in [0.4, 0.5) is 0 Å². The lowest BCUT2D eigenvalue weighted by Gasteiger charge is -2.05. The summed E-state index contributed by atoms with van der Waals surface area (Å²) in [7, 11) is 0. The largest absolute Gasteiger partial charge is 0.612 e. The first-order valence-corrected chi connectivity index (χ1v) is 7.55. The lowest BCUT2D eigenvalue weighted by molar-refractivity contribution is 0.601. The highest BCUT2D eigenvalue weighted by Crippen LogP contribution is 2.31. The third-order valence-electron chi connectivity index (χ3n) is 2.86. The fourth-order valence-corrected chi connectivity index (χ4v) is 2.65. The standard InChI is InChI=1S/C14H10ClNO2S/c1-19(17)11-4-2-3-9(5-11)12-8-18-13-6-10(15)7-16-14(12)13/h2-8H,1H3. The Balaban J connectivity index is 2.16. The topological polar surface area (TPSA) is 49.1 Å². The third-order valence-corrected chi connectivity index (χ3v) is 3.98. The Kier molecular flexibility index (Phi) is 3.22. The number of fused-ring (bicyclic) bond motifs is 1. The first-order valence-electron chi connectivity index (χ1n) is 5.62. The van der Waals surface area contributed by atoms with Crippen LogP contribution in [0.5, 0.6) is 0 Å². The van der Waals surface area contributed by atoms with Gasteiger partial charge in [0.1, 0.15) is 18.0 Å². The van der Waals surface area contributed by atoms with Crippen molar-refractivity contribution in [3.63, 3.8) is 0 Å². The molecule has 0 aliphatic carbocycles. The van der Waals surface area contributed by atoms with Crippen LogP contribution in [0.3, 0.4) is 0 Å². The molecule has 0 N–H and O–H groups in total. The van der Waals surface area contributed by atoms with Crippen molar-refractivity contribution in [1.29, 1.82) is 0 Å². The molecule has 2 heterocycles. The van der Waals surface area contributed by atoms with Crippen LogP contribution in [0.25, 0.3) is 22.2 Å². The number of pyridine rings is 1. The minimum absolute atomic E-state index is 0.539. The van der Waals surface area contributed by atoms with Gasteiger partial charge >= 0.3 is 0 Å². The van der Waals surface area contributed by atoms with Gasteiger partial charge in [0.15, 0.2) is 10.5 Å². The second-order valence-corrected chi connectivity index (χ2v) is 5.95. The number of halogens is 1. The number of hydrogen-bond donors (Lipinski definition) is 0. The molecule has 3 rings (SSSR count). The van der Waals surface area contributed by atoms with E-state index in [4.69, 9.17) is 16.0 Å². The van der Waals surface area contributed by atoms with Gasteiger partial charge in [0.05, 0.1) is 5.02 Å². The molecule has 0 aliphatic heterocycles. The molecule has 0 bridgehead atoms. The summed E-state index contributed by atoms with van der Waals surface area (Å²) in [6.07, 6.45) is 4.89. The van der Waals surface area contributed by atoms with Crippen LogP contribution in [0, 0.1) is 0 Å². The number of hydrogen-bond acceptors (Lipinski definition) is 3. The fraction of sp³-hybridized carbons (Fsp3) is 0.0714. The molecule has 3 aromatic rings. The van der Waals surface area contributed by atoms with Crippen LogP contribution in [0.1, 0.15) is 0 Å². The molecule has 19 heavy (non-hydrogen) atoms. The highest BCUT2D eigenvalue weighted by Gasteiger charge is 2.12. The minimum Gasteiger partial charge on any atom is -0.612 e. The van der Waals surface area contributed by atoms with Crippen LogP contribution in [-0.4, -0.2) is 15.8 Å². The van der Waals surface area contributed by atoms with E-state index in [2.05, 4.69) is 4.98 Å². The van der Waals surface area contributed by atoms with Crippen molar-refractivity contribution in [2.75, 3.05) is 6.26 Å². The molecule has 0 fully saturated rings. The zero-order chi connectivity index (χ0) is 13.4. The monoisotopic (exact) mass is 291 g/mol. The van der Waals surface area contributed by atoms with Crippen molar-refractivity contribution >= 4 is 33.9 Å². The zero-order valence-electron chi connectivity index (χ0n) is 10.1. The average molecular weight is 292 g/mol. The molecule has 0 saturated heterocycles. The van der Waals surface area contributed by atoms with Gasteiger partial charge in [-0.05, 0) is 22.8 Å². The smallest absolute Gasteiger partial charge is 0.154 e. The first kappa shape index (κ1) is 12.5. The van der Waals surface area contributed by atoms with Crippen molar-refractivity contribution in [2.24, 2.45) is 0 Å². The lowest BCUT2D eigenvalue weighted by Crippen LogP contribution is -1.96. The molecule has 1 atom stereocenters. The summed E-state index contributed by atoms with van der Waals surface area (Å²) in [5.41, 5.74) is 3.20. The van der Waals surface area contributed by atoms with Crippen LogP contribution < -0.4 is 0 Å². The van der Waals surface area contributed by atoms with E-state index in [0.29, 0.717) is 10.6 Å². The lowest BCUT2D eigenvalue weighted by atomic mass is 10.1. The second kappa shape index (κ2) is 4.89. The molecular weight excluding hydrogens is 282 g/mol. The van der Waals surface area contributed by atoms with E-state index in [-0.39, 0.29) is 0 Å². The molecule has 0 aliphatic rings. The van der Waals surface area contributed by atoms with Gasteiger partial charge in [0.25, 0.3) is 0 Å². The predicted molar refractivity (Wildman–Crippen MR) is 76.8 cm³/mol. The molecule has 1 aromatic carbocycles. The van der Waals surface area contributed by atoms with Gasteiger partial charge in [0.2, 0.25) is 0 Å². The molecule has 0 radical (unpaired) electrons. The molecule has 3 nitrogen and oxygen atoms in total. The maximum absolute atomic E-state index is 11.5. The number of benzene rings is 1. The highest BCUT2D eigenvalue weighted by atomic mass is 35.5. The number of rotatable bonds is 2. The Bertz CT molecular complexity index is 739. The molecule has 0 amide bonds. The summed E-state index contributed by atoms with van der Waals surface area (Å²) in [6, 6.07) is 9.27. The summed E-state index contributed by atoms with van der Waals surface area (Å²) in [6.45, 7) is 0. The van der Waals surface area contributed by atoms with E-state index >= 15 is 0 Å². The zero-order valence-corrected chi connectivity index (χ0v) is 11.7. The van der Waals surface area contributed by atoms with E-state index < -0.39 is 11.2 Å². The Labute approximate surface area is 118 Å². The normalized spacial score (nSPS) is 12.8. The van der Waals surface area contributed by atoms with Gasteiger partial charge in [-0.2, -0.15) is 0 Å².